The van der Waals surface area contributed by atoms with Gasteiger partial charge in [0.15, 0.2) is 0 Å². The van der Waals surface area contributed by atoms with E-state index in [1.807, 2.05) is 18.2 Å². The van der Waals surface area contributed by atoms with Crippen molar-refractivity contribution in [3.63, 3.8) is 0 Å². The van der Waals surface area contributed by atoms with Crippen LogP contribution in [0.15, 0.2) is 30.3 Å². The molecule has 3 aliphatic rings. The lowest BCUT2D eigenvalue weighted by atomic mass is 9.68. The van der Waals surface area contributed by atoms with E-state index in [0.29, 0.717) is 24.2 Å². The third kappa shape index (κ3) is 5.37. The number of anilines is 1. The Morgan fingerprint density at radius 1 is 1.08 bits per heavy atom. The number of methoxy groups -OCH3 is 1. The third-order valence-electron chi connectivity index (χ3n) is 9.14. The molecule has 1 saturated heterocycles. The van der Waals surface area contributed by atoms with Crippen LogP contribution >= 0.6 is 0 Å². The van der Waals surface area contributed by atoms with E-state index in [-0.39, 0.29) is 11.3 Å². The highest BCUT2D eigenvalue weighted by molar-refractivity contribution is 6.06. The van der Waals surface area contributed by atoms with Gasteiger partial charge >= 0.3 is 0 Å². The molecule has 0 spiro atoms. The van der Waals surface area contributed by atoms with Crippen molar-refractivity contribution in [3.8, 4) is 5.75 Å². The molecule has 194 valence electrons. The van der Waals surface area contributed by atoms with E-state index in [2.05, 4.69) is 17.4 Å². The molecule has 36 heavy (non-hydrogen) atoms. The summed E-state index contributed by atoms with van der Waals surface area (Å²) < 4.78 is 5.34. The molecule has 1 amide bonds. The predicted molar refractivity (Wildman–Crippen MR) is 146 cm³/mol. The number of nitrogens with zero attached hydrogens (tertiary/aromatic N) is 2. The Balaban J connectivity index is 1.25. The monoisotopic (exact) mass is 490 g/mol. The van der Waals surface area contributed by atoms with Gasteiger partial charge in [-0.3, -0.25) is 10.2 Å². The van der Waals surface area contributed by atoms with Gasteiger partial charge in [-0.25, -0.2) is 4.98 Å². The van der Waals surface area contributed by atoms with Gasteiger partial charge in [0.1, 0.15) is 17.4 Å². The summed E-state index contributed by atoms with van der Waals surface area (Å²) in [5.74, 6) is 3.75. The molecule has 3 atom stereocenters. The van der Waals surface area contributed by atoms with Crippen molar-refractivity contribution in [1.82, 2.24) is 9.88 Å². The van der Waals surface area contributed by atoms with Gasteiger partial charge in [-0.2, -0.15) is 0 Å². The number of pyridine rings is 1. The molecule has 0 bridgehead atoms. The average molecular weight is 491 g/mol. The van der Waals surface area contributed by atoms with Crippen molar-refractivity contribution >= 4 is 28.5 Å². The maximum Gasteiger partial charge on any atom is 0.234 e. The highest BCUT2D eigenvalue weighted by Gasteiger charge is 2.49. The molecule has 0 unspecified atom stereocenters. The fraction of sp³-hybridized carbons (Fsp3) is 0.633. The number of hydrogen-bond donors (Lipinski definition) is 2. The first-order chi connectivity index (χ1) is 17.5. The first-order valence-electron chi connectivity index (χ1n) is 14.0. The van der Waals surface area contributed by atoms with Crippen LogP contribution in [0.1, 0.15) is 83.5 Å². The number of amides is 1. The summed E-state index contributed by atoms with van der Waals surface area (Å²) in [6.07, 6.45) is 14.9. The molecule has 3 fully saturated rings. The van der Waals surface area contributed by atoms with E-state index in [1.54, 1.807) is 19.1 Å². The molecule has 1 aliphatic heterocycles. The SMILES string of the molecule is COc1ccc2nc(N[C@@H]3CCC[C@H](C[C@@]4(CCC5CCCCC5)CC(=N)N(C)C4=O)C3)ccc2c1. The number of fused-ring (bicyclic) bond motifs is 1. The normalized spacial score (nSPS) is 27.6. The van der Waals surface area contributed by atoms with Crippen LogP contribution in [0.4, 0.5) is 5.82 Å². The second-order valence-corrected chi connectivity index (χ2v) is 11.6. The Bertz CT molecular complexity index is 1100. The van der Waals surface area contributed by atoms with Crippen LogP contribution in [0, 0.1) is 22.7 Å². The number of carbonyl (C=O) groups is 1. The number of likely N-dealkylation sites (tertiary alicyclic amines) is 1. The van der Waals surface area contributed by atoms with Gasteiger partial charge in [-0.05, 0) is 74.3 Å². The van der Waals surface area contributed by atoms with Gasteiger partial charge in [-0.15, -0.1) is 0 Å². The van der Waals surface area contributed by atoms with E-state index in [4.69, 9.17) is 15.1 Å². The Morgan fingerprint density at radius 3 is 2.64 bits per heavy atom. The minimum absolute atomic E-state index is 0.199. The number of rotatable bonds is 8. The smallest absolute Gasteiger partial charge is 0.234 e. The van der Waals surface area contributed by atoms with Gasteiger partial charge in [0.25, 0.3) is 0 Å². The summed E-state index contributed by atoms with van der Waals surface area (Å²) in [5, 5.41) is 13.2. The maximum absolute atomic E-state index is 13.5. The van der Waals surface area contributed by atoms with Gasteiger partial charge in [0.2, 0.25) is 5.91 Å². The van der Waals surface area contributed by atoms with Gasteiger partial charge in [-0.1, -0.05) is 44.9 Å². The molecule has 2 N–H and O–H groups in total. The van der Waals surface area contributed by atoms with Crippen molar-refractivity contribution in [3.05, 3.63) is 30.3 Å². The topological polar surface area (TPSA) is 78.3 Å². The molecule has 2 aromatic rings. The number of nitrogens with one attached hydrogen (secondary N) is 2. The summed E-state index contributed by atoms with van der Waals surface area (Å²) in [6.45, 7) is 0. The number of benzene rings is 1. The standard InChI is InChI=1S/C30H42N4O2/c1-34-27(31)20-30(29(34)35,16-15-21-7-4-3-5-8-21)19-22-9-6-10-24(17-22)32-28-14-11-23-18-25(36-2)12-13-26(23)33-28/h11-14,18,21-22,24,31H,3-10,15-17,19-20H2,1-2H3,(H,32,33)/t22-,24+,30-/m0/s1. The first-order valence-corrected chi connectivity index (χ1v) is 14.0. The largest absolute Gasteiger partial charge is 0.497 e. The van der Waals surface area contributed by atoms with Crippen molar-refractivity contribution in [1.29, 1.82) is 5.41 Å². The van der Waals surface area contributed by atoms with Crippen LogP contribution in [0.25, 0.3) is 10.9 Å². The Hall–Kier alpha value is -2.63. The van der Waals surface area contributed by atoms with Crippen LogP contribution < -0.4 is 10.1 Å². The van der Waals surface area contributed by atoms with Crippen molar-refractivity contribution in [2.45, 2.75) is 89.5 Å². The zero-order valence-electron chi connectivity index (χ0n) is 22.0. The molecular formula is C30H42N4O2. The molecular weight excluding hydrogens is 448 g/mol. The molecule has 0 radical (unpaired) electrons. The maximum atomic E-state index is 13.5. The van der Waals surface area contributed by atoms with Crippen LogP contribution in [0.2, 0.25) is 0 Å². The Kier molecular flexibility index (Phi) is 7.49. The minimum Gasteiger partial charge on any atom is -0.497 e. The summed E-state index contributed by atoms with van der Waals surface area (Å²) >= 11 is 0. The minimum atomic E-state index is -0.365. The van der Waals surface area contributed by atoms with Gasteiger partial charge in [0.05, 0.1) is 18.0 Å². The molecule has 2 aliphatic carbocycles. The van der Waals surface area contributed by atoms with E-state index < -0.39 is 0 Å². The Labute approximate surface area is 215 Å². The summed E-state index contributed by atoms with van der Waals surface area (Å²) in [7, 11) is 3.49. The lowest BCUT2D eigenvalue weighted by Gasteiger charge is -2.37. The van der Waals surface area contributed by atoms with E-state index in [1.165, 1.54) is 44.9 Å². The average Bonchev–Trinajstić information content (AvgIpc) is 3.11. The predicted octanol–water partition coefficient (Wildman–Crippen LogP) is 6.79. The van der Waals surface area contributed by atoms with E-state index >= 15 is 0 Å². The van der Waals surface area contributed by atoms with Crippen molar-refractivity contribution < 1.29 is 9.53 Å². The number of carbonyl (C=O) groups excluding carboxylic acids is 1. The molecule has 2 heterocycles. The van der Waals surface area contributed by atoms with Crippen LogP contribution in [-0.2, 0) is 4.79 Å². The fourth-order valence-corrected chi connectivity index (χ4v) is 7.09. The molecule has 6 nitrogen and oxygen atoms in total. The number of hydrogen-bond acceptors (Lipinski definition) is 5. The van der Waals surface area contributed by atoms with Crippen LogP contribution in [0.5, 0.6) is 5.75 Å². The van der Waals surface area contributed by atoms with Crippen LogP contribution in [-0.4, -0.2) is 41.8 Å². The molecule has 6 heteroatoms. The zero-order valence-corrected chi connectivity index (χ0v) is 22.0. The number of ether oxygens (including phenoxy) is 1. The molecule has 1 aromatic carbocycles. The molecule has 5 rings (SSSR count). The number of amidine groups is 1. The Morgan fingerprint density at radius 2 is 1.89 bits per heavy atom. The summed E-state index contributed by atoms with van der Waals surface area (Å²) in [4.78, 5) is 20.0. The summed E-state index contributed by atoms with van der Waals surface area (Å²) in [5.41, 5.74) is 0.601. The number of aromatic nitrogens is 1. The van der Waals surface area contributed by atoms with Crippen molar-refractivity contribution in [2.24, 2.45) is 17.3 Å². The molecule has 2 saturated carbocycles. The lowest BCUT2D eigenvalue weighted by Crippen LogP contribution is -2.37. The second-order valence-electron chi connectivity index (χ2n) is 11.6. The van der Waals surface area contributed by atoms with E-state index in [0.717, 1.165) is 60.5 Å². The fourth-order valence-electron chi connectivity index (χ4n) is 7.09. The summed E-state index contributed by atoms with van der Waals surface area (Å²) in [6, 6.07) is 10.5. The quantitative estimate of drug-likeness (QED) is 0.427. The lowest BCUT2D eigenvalue weighted by molar-refractivity contribution is -0.135. The highest BCUT2D eigenvalue weighted by atomic mass is 16.5. The highest BCUT2D eigenvalue weighted by Crippen LogP contribution is 2.47. The van der Waals surface area contributed by atoms with Crippen molar-refractivity contribution in [2.75, 3.05) is 19.5 Å². The zero-order chi connectivity index (χ0) is 25.1. The van der Waals surface area contributed by atoms with E-state index in [9.17, 15) is 4.79 Å². The van der Waals surface area contributed by atoms with Crippen LogP contribution in [0.3, 0.4) is 0 Å². The van der Waals surface area contributed by atoms with Gasteiger partial charge in [0, 0.05) is 24.9 Å². The second kappa shape index (κ2) is 10.8. The third-order valence-corrected chi connectivity index (χ3v) is 9.14. The van der Waals surface area contributed by atoms with Gasteiger partial charge < -0.3 is 15.0 Å². The molecule has 1 aromatic heterocycles. The first kappa shape index (κ1) is 25.0.